The molecule has 2 rings (SSSR count). The third-order valence-electron chi connectivity index (χ3n) is 2.33. The second-order valence-electron chi connectivity index (χ2n) is 3.43. The molecule has 0 atom stereocenters. The number of fused-ring (bicyclic) bond motifs is 1. The van der Waals surface area contributed by atoms with Crippen molar-refractivity contribution in [3.8, 4) is 0 Å². The number of anilines is 1. The smallest absolute Gasteiger partial charge is 0.206 e. The lowest BCUT2D eigenvalue weighted by molar-refractivity contribution is 0.280. The molecule has 0 aromatic carbocycles. The lowest BCUT2D eigenvalue weighted by Gasteiger charge is -2.20. The van der Waals surface area contributed by atoms with Crippen LogP contribution in [0.1, 0.15) is 0 Å². The molecule has 2 heterocycles. The quantitative estimate of drug-likeness (QED) is 0.552. The van der Waals surface area contributed by atoms with Crippen molar-refractivity contribution in [3.05, 3.63) is 11.0 Å². The lowest BCUT2D eigenvalue weighted by Crippen LogP contribution is -2.31. The first-order valence-corrected chi connectivity index (χ1v) is 5.57. The molecule has 2 aromatic heterocycles. The zero-order chi connectivity index (χ0) is 12.3. The number of hydrogen-bond acceptors (Lipinski definition) is 6. The summed E-state index contributed by atoms with van der Waals surface area (Å²) in [5.74, 6) is 0.498. The first-order valence-electron chi connectivity index (χ1n) is 5.16. The minimum atomic E-state index is -0.0269. The summed E-state index contributed by atoms with van der Waals surface area (Å²) in [5.41, 5.74) is 1.29. The van der Waals surface area contributed by atoms with Crippen LogP contribution in [0.3, 0.4) is 0 Å². The topological polar surface area (TPSA) is 101 Å². The second kappa shape index (κ2) is 5.21. The zero-order valence-electron chi connectivity index (χ0n) is 9.05. The number of hydrogen-bond donors (Lipinski definition) is 4. The van der Waals surface area contributed by atoms with Crippen molar-refractivity contribution in [2.24, 2.45) is 0 Å². The maximum Gasteiger partial charge on any atom is 0.206 e. The molecule has 0 saturated carbocycles. The van der Waals surface area contributed by atoms with Gasteiger partial charge in [-0.15, -0.1) is 0 Å². The van der Waals surface area contributed by atoms with Crippen molar-refractivity contribution in [2.75, 3.05) is 31.2 Å². The fourth-order valence-electron chi connectivity index (χ4n) is 1.55. The molecule has 0 fully saturated rings. The van der Waals surface area contributed by atoms with Gasteiger partial charge in [-0.1, -0.05) is 12.2 Å². The van der Waals surface area contributed by atoms with Gasteiger partial charge in [-0.2, -0.15) is 0 Å². The molecule has 7 nitrogen and oxygen atoms in total. The summed E-state index contributed by atoms with van der Waals surface area (Å²) < 4.78 is 0.409. The Morgan fingerprint density at radius 3 is 2.65 bits per heavy atom. The second-order valence-corrected chi connectivity index (χ2v) is 3.81. The van der Waals surface area contributed by atoms with Crippen LogP contribution in [0, 0.1) is 4.64 Å². The molecule has 0 radical (unpaired) electrons. The van der Waals surface area contributed by atoms with E-state index in [4.69, 9.17) is 22.4 Å². The van der Waals surface area contributed by atoms with Crippen LogP contribution in [-0.2, 0) is 0 Å². The summed E-state index contributed by atoms with van der Waals surface area (Å²) in [5, 5.41) is 17.9. The molecule has 2 aromatic rings. The van der Waals surface area contributed by atoms with Crippen LogP contribution in [-0.4, -0.2) is 56.5 Å². The Morgan fingerprint density at radius 1 is 1.29 bits per heavy atom. The number of aliphatic hydroxyl groups is 2. The van der Waals surface area contributed by atoms with Crippen LogP contribution in [0.5, 0.6) is 0 Å². The number of imidazole rings is 1. The molecule has 0 amide bonds. The molecule has 17 heavy (non-hydrogen) atoms. The summed E-state index contributed by atoms with van der Waals surface area (Å²) in [6, 6.07) is 0. The average molecular weight is 255 g/mol. The SMILES string of the molecule is OCCN(CCO)c1nc(=S)c2[nH]cnc2[nH]1. The fraction of sp³-hybridized carbons (Fsp3) is 0.444. The fourth-order valence-corrected chi connectivity index (χ4v) is 1.79. The highest BCUT2D eigenvalue weighted by Crippen LogP contribution is 2.13. The molecule has 0 aliphatic heterocycles. The molecule has 0 unspecified atom stereocenters. The number of nitrogens with zero attached hydrogens (tertiary/aromatic N) is 3. The molecule has 0 aliphatic carbocycles. The molecule has 4 N–H and O–H groups in total. The van der Waals surface area contributed by atoms with E-state index in [2.05, 4.69) is 19.9 Å². The van der Waals surface area contributed by atoms with E-state index in [0.717, 1.165) is 0 Å². The van der Waals surface area contributed by atoms with Crippen LogP contribution in [0.2, 0.25) is 0 Å². The van der Waals surface area contributed by atoms with Crippen molar-refractivity contribution in [2.45, 2.75) is 0 Å². The van der Waals surface area contributed by atoms with Gasteiger partial charge in [-0.3, -0.25) is 0 Å². The average Bonchev–Trinajstić information content (AvgIpc) is 2.77. The van der Waals surface area contributed by atoms with Crippen LogP contribution >= 0.6 is 12.2 Å². The number of H-pyrrole nitrogens is 2. The van der Waals surface area contributed by atoms with Crippen LogP contribution in [0.4, 0.5) is 5.95 Å². The van der Waals surface area contributed by atoms with E-state index in [1.165, 1.54) is 6.33 Å². The minimum Gasteiger partial charge on any atom is -0.395 e. The summed E-state index contributed by atoms with van der Waals surface area (Å²) in [4.78, 5) is 15.9. The van der Waals surface area contributed by atoms with E-state index in [-0.39, 0.29) is 13.2 Å². The molecule has 92 valence electrons. The lowest BCUT2D eigenvalue weighted by atomic mass is 10.5. The van der Waals surface area contributed by atoms with Crippen molar-refractivity contribution in [1.29, 1.82) is 0 Å². The van der Waals surface area contributed by atoms with E-state index >= 15 is 0 Å². The van der Waals surface area contributed by atoms with Crippen molar-refractivity contribution >= 4 is 29.3 Å². The van der Waals surface area contributed by atoms with E-state index in [0.29, 0.717) is 34.8 Å². The summed E-state index contributed by atoms with van der Waals surface area (Å²) in [6.45, 7) is 0.686. The van der Waals surface area contributed by atoms with E-state index in [1.54, 1.807) is 4.90 Å². The predicted molar refractivity (Wildman–Crippen MR) is 65.5 cm³/mol. The van der Waals surface area contributed by atoms with Crippen LogP contribution < -0.4 is 4.90 Å². The monoisotopic (exact) mass is 255 g/mol. The maximum atomic E-state index is 8.95. The number of aliphatic hydroxyl groups excluding tert-OH is 2. The maximum absolute atomic E-state index is 8.95. The van der Waals surface area contributed by atoms with Crippen molar-refractivity contribution in [3.63, 3.8) is 0 Å². The minimum absolute atomic E-state index is 0.0269. The number of nitrogens with one attached hydrogen (secondary N) is 2. The van der Waals surface area contributed by atoms with Gasteiger partial charge in [0, 0.05) is 13.1 Å². The van der Waals surface area contributed by atoms with Gasteiger partial charge in [0.1, 0.15) is 5.52 Å². The van der Waals surface area contributed by atoms with E-state index in [9.17, 15) is 0 Å². The van der Waals surface area contributed by atoms with Crippen molar-refractivity contribution < 1.29 is 10.2 Å². The van der Waals surface area contributed by atoms with Gasteiger partial charge in [0.15, 0.2) is 10.3 Å². The molecule has 0 saturated heterocycles. The first kappa shape index (κ1) is 12.0. The predicted octanol–water partition coefficient (Wildman–Crippen LogP) is -0.194. The standard InChI is InChI=1S/C9H13N5O2S/c15-3-1-14(2-4-16)9-12-7-6(8(17)13-9)10-5-11-7/h5,15-16H,1-4H2,(H2,10,11,12,13,17). The Kier molecular flexibility index (Phi) is 3.67. The van der Waals surface area contributed by atoms with Crippen LogP contribution in [0.25, 0.3) is 11.2 Å². The molecule has 8 heteroatoms. The summed E-state index contributed by atoms with van der Waals surface area (Å²) in [7, 11) is 0. The van der Waals surface area contributed by atoms with Gasteiger partial charge in [0.25, 0.3) is 0 Å². The van der Waals surface area contributed by atoms with Gasteiger partial charge < -0.3 is 25.1 Å². The molecular formula is C9H13N5O2S. The third kappa shape index (κ3) is 2.43. The van der Waals surface area contributed by atoms with Gasteiger partial charge in [0.05, 0.1) is 19.5 Å². The molecule has 0 spiro atoms. The summed E-state index contributed by atoms with van der Waals surface area (Å²) >= 11 is 5.13. The van der Waals surface area contributed by atoms with Gasteiger partial charge >= 0.3 is 0 Å². The van der Waals surface area contributed by atoms with Gasteiger partial charge in [0.2, 0.25) is 5.95 Å². The molecule has 0 bridgehead atoms. The summed E-state index contributed by atoms with van der Waals surface area (Å²) in [6.07, 6.45) is 1.53. The number of aromatic amines is 2. The highest BCUT2D eigenvalue weighted by atomic mass is 32.1. The Balaban J connectivity index is 2.42. The van der Waals surface area contributed by atoms with Gasteiger partial charge in [-0.25, -0.2) is 9.97 Å². The molecular weight excluding hydrogens is 242 g/mol. The van der Waals surface area contributed by atoms with Crippen molar-refractivity contribution in [1.82, 2.24) is 19.9 Å². The highest BCUT2D eigenvalue weighted by molar-refractivity contribution is 7.71. The number of aromatic nitrogens is 4. The Hall–Kier alpha value is -1.51. The van der Waals surface area contributed by atoms with Crippen LogP contribution in [0.15, 0.2) is 6.33 Å². The number of rotatable bonds is 5. The molecule has 0 aliphatic rings. The zero-order valence-corrected chi connectivity index (χ0v) is 9.87. The third-order valence-corrected chi connectivity index (χ3v) is 2.63. The van der Waals surface area contributed by atoms with Gasteiger partial charge in [-0.05, 0) is 0 Å². The Bertz CT molecular complexity index is 546. The Morgan fingerprint density at radius 2 is 2.00 bits per heavy atom. The normalized spacial score (nSPS) is 10.9. The Labute approximate surface area is 102 Å². The van der Waals surface area contributed by atoms with E-state index in [1.807, 2.05) is 0 Å². The largest absolute Gasteiger partial charge is 0.395 e. The first-order chi connectivity index (χ1) is 8.26. The van der Waals surface area contributed by atoms with E-state index < -0.39 is 0 Å². The highest BCUT2D eigenvalue weighted by Gasteiger charge is 2.10.